The number of guanidine groups is 1. The van der Waals surface area contributed by atoms with Crippen molar-refractivity contribution in [2.75, 3.05) is 26.5 Å². The standard InChI is InChI=1S/C17H28FN3O3S/c1-12(13-7-8-15(24-6)14(18)11-13)21-16(19-5)20-9-10-25(22,23)17(2,3)4/h7-8,11-12H,9-10H2,1-6H3,(H2,19,20,21). The molecule has 0 aliphatic carbocycles. The largest absolute Gasteiger partial charge is 0.494 e. The van der Waals surface area contributed by atoms with Crippen molar-refractivity contribution >= 4 is 15.8 Å². The summed E-state index contributed by atoms with van der Waals surface area (Å²) in [7, 11) is -0.198. The van der Waals surface area contributed by atoms with Gasteiger partial charge in [-0.2, -0.15) is 0 Å². The second-order valence-corrected chi connectivity index (χ2v) is 9.55. The van der Waals surface area contributed by atoms with Crippen molar-refractivity contribution < 1.29 is 17.5 Å². The van der Waals surface area contributed by atoms with Crippen LogP contribution in [0.1, 0.15) is 39.3 Å². The minimum Gasteiger partial charge on any atom is -0.494 e. The SMILES string of the molecule is CN=C(NCCS(=O)(=O)C(C)(C)C)NC(C)c1ccc(OC)c(F)c1. The number of nitrogens with zero attached hydrogens (tertiary/aromatic N) is 1. The molecule has 8 heteroatoms. The summed E-state index contributed by atoms with van der Waals surface area (Å²) in [4.78, 5) is 4.07. The molecule has 0 aliphatic rings. The van der Waals surface area contributed by atoms with E-state index in [-0.39, 0.29) is 24.1 Å². The minimum atomic E-state index is -3.20. The van der Waals surface area contributed by atoms with Gasteiger partial charge in [-0.25, -0.2) is 12.8 Å². The predicted molar refractivity (Wildman–Crippen MR) is 99.4 cm³/mol. The van der Waals surface area contributed by atoms with Gasteiger partial charge in [-0.05, 0) is 45.4 Å². The highest BCUT2D eigenvalue weighted by molar-refractivity contribution is 7.92. The topological polar surface area (TPSA) is 79.8 Å². The number of halogens is 1. The van der Waals surface area contributed by atoms with Crippen LogP contribution in [-0.4, -0.2) is 45.6 Å². The molecule has 6 nitrogen and oxygen atoms in total. The summed E-state index contributed by atoms with van der Waals surface area (Å²) in [5.41, 5.74) is 0.726. The van der Waals surface area contributed by atoms with E-state index >= 15 is 0 Å². The summed E-state index contributed by atoms with van der Waals surface area (Å²) >= 11 is 0. The molecule has 0 amide bonds. The van der Waals surface area contributed by atoms with Gasteiger partial charge in [-0.15, -0.1) is 0 Å². The normalized spacial score (nSPS) is 14.1. The maximum atomic E-state index is 13.8. The molecular weight excluding hydrogens is 345 g/mol. The van der Waals surface area contributed by atoms with Gasteiger partial charge >= 0.3 is 0 Å². The first-order valence-electron chi connectivity index (χ1n) is 8.04. The second-order valence-electron chi connectivity index (χ2n) is 6.69. The lowest BCUT2D eigenvalue weighted by Gasteiger charge is -2.21. The molecule has 0 heterocycles. The molecule has 1 atom stereocenters. The number of benzene rings is 1. The molecule has 1 rings (SSSR count). The number of sulfone groups is 1. The van der Waals surface area contributed by atoms with Crippen LogP contribution in [0.4, 0.5) is 4.39 Å². The molecule has 0 aliphatic heterocycles. The molecule has 0 bridgehead atoms. The van der Waals surface area contributed by atoms with Gasteiger partial charge in [0.25, 0.3) is 0 Å². The van der Waals surface area contributed by atoms with Crippen molar-refractivity contribution in [1.82, 2.24) is 10.6 Å². The van der Waals surface area contributed by atoms with Crippen LogP contribution >= 0.6 is 0 Å². The van der Waals surface area contributed by atoms with Crippen molar-refractivity contribution in [3.63, 3.8) is 0 Å². The Hall–Kier alpha value is -1.83. The summed E-state index contributed by atoms with van der Waals surface area (Å²) < 4.78 is 42.1. The first-order valence-corrected chi connectivity index (χ1v) is 9.70. The fourth-order valence-electron chi connectivity index (χ4n) is 2.05. The lowest BCUT2D eigenvalue weighted by Crippen LogP contribution is -2.42. The summed E-state index contributed by atoms with van der Waals surface area (Å²) in [6.07, 6.45) is 0. The van der Waals surface area contributed by atoms with E-state index in [0.717, 1.165) is 5.56 Å². The molecule has 1 unspecified atom stereocenters. The van der Waals surface area contributed by atoms with Crippen LogP contribution in [0.25, 0.3) is 0 Å². The monoisotopic (exact) mass is 373 g/mol. The third kappa shape index (κ3) is 5.88. The predicted octanol–water partition coefficient (Wildman–Crippen LogP) is 2.27. The average molecular weight is 373 g/mol. The maximum absolute atomic E-state index is 13.8. The average Bonchev–Trinajstić information content (AvgIpc) is 2.52. The van der Waals surface area contributed by atoms with Crippen molar-refractivity contribution in [3.8, 4) is 5.75 Å². The van der Waals surface area contributed by atoms with Gasteiger partial charge in [0.05, 0.1) is 23.7 Å². The van der Waals surface area contributed by atoms with Crippen molar-refractivity contribution in [2.45, 2.75) is 38.5 Å². The van der Waals surface area contributed by atoms with E-state index in [1.165, 1.54) is 13.2 Å². The molecule has 0 radical (unpaired) electrons. The van der Waals surface area contributed by atoms with Crippen LogP contribution in [0, 0.1) is 5.82 Å². The highest BCUT2D eigenvalue weighted by Gasteiger charge is 2.28. The van der Waals surface area contributed by atoms with Gasteiger partial charge in [-0.3, -0.25) is 4.99 Å². The van der Waals surface area contributed by atoms with Gasteiger partial charge in [0.1, 0.15) is 0 Å². The zero-order chi connectivity index (χ0) is 19.3. The fourth-order valence-corrected chi connectivity index (χ4v) is 3.03. The maximum Gasteiger partial charge on any atom is 0.191 e. The molecule has 25 heavy (non-hydrogen) atoms. The van der Waals surface area contributed by atoms with Crippen LogP contribution < -0.4 is 15.4 Å². The summed E-state index contributed by atoms with van der Waals surface area (Å²) in [5, 5.41) is 6.09. The molecule has 1 aromatic carbocycles. The first-order chi connectivity index (χ1) is 11.5. The number of methoxy groups -OCH3 is 1. The molecule has 0 saturated heterocycles. The number of aliphatic imine (C=N–C) groups is 1. The van der Waals surface area contributed by atoms with E-state index in [0.29, 0.717) is 5.96 Å². The van der Waals surface area contributed by atoms with Crippen LogP contribution in [0.3, 0.4) is 0 Å². The van der Waals surface area contributed by atoms with E-state index in [1.54, 1.807) is 40.0 Å². The Kier molecular flexibility index (Phi) is 7.22. The van der Waals surface area contributed by atoms with E-state index in [2.05, 4.69) is 15.6 Å². The fraction of sp³-hybridized carbons (Fsp3) is 0.588. The van der Waals surface area contributed by atoms with Crippen LogP contribution in [-0.2, 0) is 9.84 Å². The lowest BCUT2D eigenvalue weighted by molar-refractivity contribution is 0.386. The van der Waals surface area contributed by atoms with Crippen molar-refractivity contribution in [1.29, 1.82) is 0 Å². The Morgan fingerprint density at radius 1 is 1.36 bits per heavy atom. The molecule has 1 aromatic rings. The van der Waals surface area contributed by atoms with Gasteiger partial charge in [0.2, 0.25) is 0 Å². The Labute approximate surface area is 149 Å². The lowest BCUT2D eigenvalue weighted by atomic mass is 10.1. The molecule has 0 aromatic heterocycles. The zero-order valence-corrected chi connectivity index (χ0v) is 16.5. The Morgan fingerprint density at radius 2 is 2.00 bits per heavy atom. The van der Waals surface area contributed by atoms with Gasteiger partial charge < -0.3 is 15.4 Å². The Morgan fingerprint density at radius 3 is 2.48 bits per heavy atom. The van der Waals surface area contributed by atoms with E-state index in [4.69, 9.17) is 4.74 Å². The molecular formula is C17H28FN3O3S. The number of rotatable bonds is 6. The van der Waals surface area contributed by atoms with Gasteiger partial charge in [0.15, 0.2) is 27.4 Å². The second kappa shape index (κ2) is 8.51. The van der Waals surface area contributed by atoms with Crippen molar-refractivity contribution in [3.05, 3.63) is 29.6 Å². The summed E-state index contributed by atoms with van der Waals surface area (Å²) in [6.45, 7) is 7.13. The third-order valence-electron chi connectivity index (χ3n) is 3.85. The van der Waals surface area contributed by atoms with E-state index < -0.39 is 20.4 Å². The van der Waals surface area contributed by atoms with Crippen LogP contribution in [0.15, 0.2) is 23.2 Å². The first kappa shape index (κ1) is 21.2. The zero-order valence-electron chi connectivity index (χ0n) is 15.7. The molecule has 0 spiro atoms. The Balaban J connectivity index is 2.66. The quantitative estimate of drug-likeness (QED) is 0.591. The Bertz CT molecular complexity index is 712. The molecule has 0 fully saturated rings. The smallest absolute Gasteiger partial charge is 0.191 e. The minimum absolute atomic E-state index is 0.00272. The van der Waals surface area contributed by atoms with E-state index in [1.807, 2.05) is 6.92 Å². The molecule has 2 N–H and O–H groups in total. The third-order valence-corrected chi connectivity index (χ3v) is 6.46. The van der Waals surface area contributed by atoms with Crippen LogP contribution in [0.2, 0.25) is 0 Å². The number of nitrogens with one attached hydrogen (secondary N) is 2. The van der Waals surface area contributed by atoms with E-state index in [9.17, 15) is 12.8 Å². The highest BCUT2D eigenvalue weighted by Crippen LogP contribution is 2.21. The van der Waals surface area contributed by atoms with Crippen molar-refractivity contribution in [2.24, 2.45) is 4.99 Å². The number of hydrogen-bond acceptors (Lipinski definition) is 4. The highest BCUT2D eigenvalue weighted by atomic mass is 32.2. The number of hydrogen-bond donors (Lipinski definition) is 2. The summed E-state index contributed by atoms with van der Waals surface area (Å²) in [6, 6.07) is 4.51. The van der Waals surface area contributed by atoms with Gasteiger partial charge in [-0.1, -0.05) is 6.07 Å². The number of ether oxygens (including phenoxy) is 1. The molecule has 142 valence electrons. The van der Waals surface area contributed by atoms with Gasteiger partial charge in [0, 0.05) is 13.6 Å². The molecule has 0 saturated carbocycles. The van der Waals surface area contributed by atoms with Crippen LogP contribution in [0.5, 0.6) is 5.75 Å². The summed E-state index contributed by atoms with van der Waals surface area (Å²) in [5.74, 6) is 0.203.